The molecule has 3 N–H and O–H groups in total. The molecule has 2 rings (SSSR count). The van der Waals surface area contributed by atoms with E-state index in [1.54, 1.807) is 6.07 Å². The van der Waals surface area contributed by atoms with Crippen LogP contribution in [-0.2, 0) is 0 Å². The Morgan fingerprint density at radius 3 is 2.68 bits per heavy atom. The van der Waals surface area contributed by atoms with E-state index in [0.29, 0.717) is 5.11 Å². The van der Waals surface area contributed by atoms with Crippen LogP contribution in [-0.4, -0.2) is 16.8 Å². The van der Waals surface area contributed by atoms with Crippen molar-refractivity contribution < 1.29 is 5.11 Å². The van der Waals surface area contributed by atoms with Crippen molar-refractivity contribution in [1.82, 2.24) is 5.32 Å². The molecule has 0 heterocycles. The fourth-order valence-electron chi connectivity index (χ4n) is 1.95. The molecule has 3 nitrogen and oxygen atoms in total. The molecular formula is C15H18N2OS. The summed E-state index contributed by atoms with van der Waals surface area (Å²) in [7, 11) is 0. The monoisotopic (exact) mass is 274 g/mol. The van der Waals surface area contributed by atoms with E-state index in [2.05, 4.69) is 17.6 Å². The minimum absolute atomic E-state index is 0.283. The van der Waals surface area contributed by atoms with Crippen LogP contribution in [0.5, 0.6) is 5.75 Å². The number of fused-ring (bicyclic) bond motifs is 1. The van der Waals surface area contributed by atoms with E-state index in [1.807, 2.05) is 30.3 Å². The maximum atomic E-state index is 9.83. The summed E-state index contributed by atoms with van der Waals surface area (Å²) >= 11 is 5.26. The molecule has 0 amide bonds. The van der Waals surface area contributed by atoms with E-state index in [-0.39, 0.29) is 5.75 Å². The number of thiocarbonyl (C=S) groups is 1. The number of aromatic hydroxyl groups is 1. The van der Waals surface area contributed by atoms with Gasteiger partial charge < -0.3 is 15.7 Å². The van der Waals surface area contributed by atoms with Gasteiger partial charge in [0.15, 0.2) is 5.11 Å². The Hall–Kier alpha value is -1.81. The molecule has 0 bridgehead atoms. The molecule has 0 aliphatic heterocycles. The molecule has 2 aromatic rings. The third-order valence-corrected chi connectivity index (χ3v) is 3.21. The average molecular weight is 274 g/mol. The number of anilines is 1. The van der Waals surface area contributed by atoms with Gasteiger partial charge in [0, 0.05) is 23.0 Å². The van der Waals surface area contributed by atoms with E-state index >= 15 is 0 Å². The lowest BCUT2D eigenvalue weighted by atomic mass is 10.1. The summed E-state index contributed by atoms with van der Waals surface area (Å²) < 4.78 is 0. The Bertz CT molecular complexity index is 583. The average Bonchev–Trinajstić information content (AvgIpc) is 2.40. The Labute approximate surface area is 118 Å². The van der Waals surface area contributed by atoms with Crippen molar-refractivity contribution in [3.8, 4) is 5.75 Å². The largest absolute Gasteiger partial charge is 0.507 e. The molecule has 19 heavy (non-hydrogen) atoms. The van der Waals surface area contributed by atoms with Gasteiger partial charge in [0.25, 0.3) is 0 Å². The Morgan fingerprint density at radius 1 is 1.16 bits per heavy atom. The minimum atomic E-state index is 0.283. The molecule has 0 saturated heterocycles. The van der Waals surface area contributed by atoms with E-state index in [1.165, 1.54) is 0 Å². The number of hydrogen-bond acceptors (Lipinski definition) is 2. The predicted molar refractivity (Wildman–Crippen MR) is 84.7 cm³/mol. The van der Waals surface area contributed by atoms with Crippen LogP contribution in [0, 0.1) is 0 Å². The third kappa shape index (κ3) is 3.35. The molecule has 0 fully saturated rings. The van der Waals surface area contributed by atoms with Crippen LogP contribution in [0.2, 0.25) is 0 Å². The van der Waals surface area contributed by atoms with Gasteiger partial charge in [0.2, 0.25) is 0 Å². The molecule has 4 heteroatoms. The van der Waals surface area contributed by atoms with Gasteiger partial charge in [-0.1, -0.05) is 37.6 Å². The topological polar surface area (TPSA) is 44.3 Å². The highest BCUT2D eigenvalue weighted by molar-refractivity contribution is 7.80. The molecule has 2 aromatic carbocycles. The SMILES string of the molecule is CCCCNC(=S)Nc1cccc2c(O)cccc12. The Kier molecular flexibility index (Phi) is 4.58. The first kappa shape index (κ1) is 13.6. The van der Waals surface area contributed by atoms with Crippen molar-refractivity contribution in [2.45, 2.75) is 19.8 Å². The normalized spacial score (nSPS) is 10.4. The van der Waals surface area contributed by atoms with Crippen molar-refractivity contribution in [3.63, 3.8) is 0 Å². The summed E-state index contributed by atoms with van der Waals surface area (Å²) in [5, 5.41) is 18.6. The number of benzene rings is 2. The molecule has 100 valence electrons. The standard InChI is InChI=1S/C15H18N2OS/c1-2-3-10-16-15(19)17-13-8-4-7-12-11(13)6-5-9-14(12)18/h4-9,18H,2-3,10H2,1H3,(H2,16,17,19). The maximum absolute atomic E-state index is 9.83. The zero-order valence-corrected chi connectivity index (χ0v) is 11.8. The lowest BCUT2D eigenvalue weighted by molar-refractivity contribution is 0.481. The van der Waals surface area contributed by atoms with Gasteiger partial charge in [-0.05, 0) is 30.8 Å². The Morgan fingerprint density at radius 2 is 1.89 bits per heavy atom. The van der Waals surface area contributed by atoms with Gasteiger partial charge >= 0.3 is 0 Å². The zero-order chi connectivity index (χ0) is 13.7. The van der Waals surface area contributed by atoms with Gasteiger partial charge in [-0.3, -0.25) is 0 Å². The fourth-order valence-corrected chi connectivity index (χ4v) is 2.16. The molecule has 0 radical (unpaired) electrons. The molecule has 0 aliphatic rings. The van der Waals surface area contributed by atoms with Crippen LogP contribution >= 0.6 is 12.2 Å². The van der Waals surface area contributed by atoms with E-state index < -0.39 is 0 Å². The predicted octanol–water partition coefficient (Wildman–Crippen LogP) is 3.63. The molecule has 0 unspecified atom stereocenters. The number of phenols is 1. The highest BCUT2D eigenvalue weighted by Crippen LogP contribution is 2.29. The quantitative estimate of drug-likeness (QED) is 0.588. The number of unbranched alkanes of at least 4 members (excludes halogenated alkanes) is 1. The van der Waals surface area contributed by atoms with E-state index in [4.69, 9.17) is 12.2 Å². The van der Waals surface area contributed by atoms with Crippen molar-refractivity contribution in [2.75, 3.05) is 11.9 Å². The molecular weight excluding hydrogens is 256 g/mol. The van der Waals surface area contributed by atoms with Gasteiger partial charge in [0.1, 0.15) is 5.75 Å². The summed E-state index contributed by atoms with van der Waals surface area (Å²) in [6, 6.07) is 11.2. The smallest absolute Gasteiger partial charge is 0.170 e. The molecule has 0 spiro atoms. The van der Waals surface area contributed by atoms with Crippen molar-refractivity contribution in [3.05, 3.63) is 36.4 Å². The highest BCUT2D eigenvalue weighted by atomic mass is 32.1. The van der Waals surface area contributed by atoms with E-state index in [0.717, 1.165) is 35.8 Å². The molecule has 0 aromatic heterocycles. The second-order valence-corrected chi connectivity index (χ2v) is 4.82. The summed E-state index contributed by atoms with van der Waals surface area (Å²) in [6.45, 7) is 3.02. The van der Waals surface area contributed by atoms with Crippen LogP contribution in [0.25, 0.3) is 10.8 Å². The first-order valence-electron chi connectivity index (χ1n) is 6.48. The van der Waals surface area contributed by atoms with Crippen LogP contribution in [0.1, 0.15) is 19.8 Å². The molecule has 0 aliphatic carbocycles. The van der Waals surface area contributed by atoms with Gasteiger partial charge in [0.05, 0.1) is 0 Å². The van der Waals surface area contributed by atoms with E-state index in [9.17, 15) is 5.11 Å². The minimum Gasteiger partial charge on any atom is -0.507 e. The zero-order valence-electron chi connectivity index (χ0n) is 10.9. The Balaban J connectivity index is 2.17. The fraction of sp³-hybridized carbons (Fsp3) is 0.267. The van der Waals surface area contributed by atoms with Crippen molar-refractivity contribution >= 4 is 33.8 Å². The maximum Gasteiger partial charge on any atom is 0.170 e. The lowest BCUT2D eigenvalue weighted by Gasteiger charge is -2.12. The summed E-state index contributed by atoms with van der Waals surface area (Å²) in [6.07, 6.45) is 2.23. The lowest BCUT2D eigenvalue weighted by Crippen LogP contribution is -2.29. The van der Waals surface area contributed by atoms with Crippen molar-refractivity contribution in [2.24, 2.45) is 0 Å². The third-order valence-electron chi connectivity index (χ3n) is 2.96. The number of hydrogen-bond donors (Lipinski definition) is 3. The van der Waals surface area contributed by atoms with Crippen LogP contribution < -0.4 is 10.6 Å². The van der Waals surface area contributed by atoms with Gasteiger partial charge in [-0.15, -0.1) is 0 Å². The van der Waals surface area contributed by atoms with Gasteiger partial charge in [-0.25, -0.2) is 0 Å². The van der Waals surface area contributed by atoms with Gasteiger partial charge in [-0.2, -0.15) is 0 Å². The number of phenolic OH excluding ortho intramolecular Hbond substituents is 1. The van der Waals surface area contributed by atoms with Crippen LogP contribution in [0.15, 0.2) is 36.4 Å². The summed E-state index contributed by atoms with van der Waals surface area (Å²) in [4.78, 5) is 0. The second kappa shape index (κ2) is 6.38. The summed E-state index contributed by atoms with van der Waals surface area (Å²) in [5.41, 5.74) is 0.905. The van der Waals surface area contributed by atoms with Crippen molar-refractivity contribution in [1.29, 1.82) is 0 Å². The molecule has 0 atom stereocenters. The highest BCUT2D eigenvalue weighted by Gasteiger charge is 2.05. The first-order chi connectivity index (χ1) is 9.22. The van der Waals surface area contributed by atoms with Crippen LogP contribution in [0.4, 0.5) is 5.69 Å². The molecule has 0 saturated carbocycles. The summed E-state index contributed by atoms with van der Waals surface area (Å²) in [5.74, 6) is 0.283. The number of nitrogens with one attached hydrogen (secondary N) is 2. The van der Waals surface area contributed by atoms with Crippen LogP contribution in [0.3, 0.4) is 0 Å². The first-order valence-corrected chi connectivity index (χ1v) is 6.88. The second-order valence-electron chi connectivity index (χ2n) is 4.41. The number of rotatable bonds is 4.